The van der Waals surface area contributed by atoms with Crippen LogP contribution in [0.5, 0.6) is 0 Å². The molecule has 3 nitrogen and oxygen atoms in total. The van der Waals surface area contributed by atoms with Crippen molar-refractivity contribution in [3.8, 4) is 0 Å². The van der Waals surface area contributed by atoms with Crippen LogP contribution < -0.4 is 4.72 Å². The van der Waals surface area contributed by atoms with Crippen LogP contribution in [0.25, 0.3) is 0 Å². The molecule has 0 aliphatic rings. The van der Waals surface area contributed by atoms with E-state index in [1.165, 1.54) is 11.3 Å². The van der Waals surface area contributed by atoms with Gasteiger partial charge in [0, 0.05) is 16.3 Å². The van der Waals surface area contributed by atoms with Crippen molar-refractivity contribution in [2.75, 3.05) is 5.88 Å². The maximum absolute atomic E-state index is 12.0. The van der Waals surface area contributed by atoms with Crippen LogP contribution in [0.1, 0.15) is 25.1 Å². The second-order valence-corrected chi connectivity index (χ2v) is 7.87. The highest BCUT2D eigenvalue weighted by molar-refractivity contribution is 7.91. The van der Waals surface area contributed by atoms with Crippen LogP contribution in [0.4, 0.5) is 0 Å². The lowest BCUT2D eigenvalue weighted by Crippen LogP contribution is -2.43. The molecule has 0 fully saturated rings. The van der Waals surface area contributed by atoms with E-state index in [4.69, 9.17) is 11.6 Å². The first-order chi connectivity index (χ1) is 7.27. The lowest BCUT2D eigenvalue weighted by atomic mass is 10.0. The average Bonchev–Trinajstić information content (AvgIpc) is 2.49. The van der Waals surface area contributed by atoms with Crippen LogP contribution >= 0.6 is 22.9 Å². The summed E-state index contributed by atoms with van der Waals surface area (Å²) in [6.45, 7) is 5.54. The average molecular weight is 282 g/mol. The number of aryl methyl sites for hydroxylation is 1. The van der Waals surface area contributed by atoms with E-state index >= 15 is 0 Å². The highest BCUT2D eigenvalue weighted by Crippen LogP contribution is 2.22. The zero-order valence-electron chi connectivity index (χ0n) is 9.58. The number of alkyl halides is 1. The van der Waals surface area contributed by atoms with Crippen molar-refractivity contribution in [1.29, 1.82) is 0 Å². The van der Waals surface area contributed by atoms with Crippen molar-refractivity contribution in [2.45, 2.75) is 36.9 Å². The van der Waals surface area contributed by atoms with Crippen LogP contribution in [0, 0.1) is 6.92 Å². The lowest BCUT2D eigenvalue weighted by Gasteiger charge is -2.24. The molecule has 0 radical (unpaired) electrons. The second-order valence-electron chi connectivity index (χ2n) is 4.29. The molecule has 0 unspecified atom stereocenters. The maximum Gasteiger partial charge on any atom is 0.250 e. The molecule has 0 aliphatic carbocycles. The summed E-state index contributed by atoms with van der Waals surface area (Å²) in [7, 11) is -3.41. The summed E-state index contributed by atoms with van der Waals surface area (Å²) in [5.41, 5.74) is -0.515. The van der Waals surface area contributed by atoms with E-state index in [0.29, 0.717) is 16.5 Å². The molecule has 0 spiro atoms. The van der Waals surface area contributed by atoms with Crippen molar-refractivity contribution in [1.82, 2.24) is 4.72 Å². The van der Waals surface area contributed by atoms with Gasteiger partial charge in [-0.25, -0.2) is 13.1 Å². The highest BCUT2D eigenvalue weighted by atomic mass is 35.5. The molecule has 6 heteroatoms. The third-order valence-electron chi connectivity index (χ3n) is 2.11. The summed E-state index contributed by atoms with van der Waals surface area (Å²) in [4.78, 5) is 0.982. The van der Waals surface area contributed by atoms with Gasteiger partial charge in [0.15, 0.2) is 0 Å². The van der Waals surface area contributed by atoms with Gasteiger partial charge in [0.25, 0.3) is 10.0 Å². The number of rotatable bonds is 5. The quantitative estimate of drug-likeness (QED) is 0.844. The van der Waals surface area contributed by atoms with Gasteiger partial charge < -0.3 is 0 Å². The van der Waals surface area contributed by atoms with Gasteiger partial charge in [-0.3, -0.25) is 0 Å². The molecule has 0 amide bonds. The smallest absolute Gasteiger partial charge is 0.206 e. The monoisotopic (exact) mass is 281 g/mol. The van der Waals surface area contributed by atoms with Gasteiger partial charge in [-0.1, -0.05) is 0 Å². The molecule has 1 N–H and O–H groups in total. The standard InChI is InChI=1S/C10H16ClNO2S2/c1-8-4-5-9(15-8)16(13,14)12-10(2,3)6-7-11/h4-5,12H,6-7H2,1-3H3. The van der Waals surface area contributed by atoms with Crippen molar-refractivity contribution in [3.05, 3.63) is 17.0 Å². The van der Waals surface area contributed by atoms with Gasteiger partial charge >= 0.3 is 0 Å². The molecular formula is C10H16ClNO2S2. The fraction of sp³-hybridized carbons (Fsp3) is 0.600. The van der Waals surface area contributed by atoms with E-state index in [2.05, 4.69) is 4.72 Å². The SMILES string of the molecule is Cc1ccc(S(=O)(=O)NC(C)(C)CCCl)s1. The predicted octanol–water partition coefficient (Wildman–Crippen LogP) is 2.74. The van der Waals surface area contributed by atoms with E-state index in [9.17, 15) is 8.42 Å². The van der Waals surface area contributed by atoms with Crippen LogP contribution in [0.2, 0.25) is 0 Å². The van der Waals surface area contributed by atoms with Crippen LogP contribution in [0.15, 0.2) is 16.3 Å². The minimum absolute atomic E-state index is 0.354. The summed E-state index contributed by atoms with van der Waals surface area (Å²) in [5, 5.41) is 0. The molecular weight excluding hydrogens is 266 g/mol. The number of nitrogens with one attached hydrogen (secondary N) is 1. The summed E-state index contributed by atoms with van der Waals surface area (Å²) < 4.78 is 27.0. The van der Waals surface area contributed by atoms with E-state index in [-0.39, 0.29) is 0 Å². The number of thiophene rings is 1. The fourth-order valence-corrected chi connectivity index (χ4v) is 4.46. The van der Waals surface area contributed by atoms with Gasteiger partial charge in [-0.05, 0) is 39.3 Å². The van der Waals surface area contributed by atoms with Crippen molar-refractivity contribution in [3.63, 3.8) is 0 Å². The predicted molar refractivity (Wildman–Crippen MR) is 68.8 cm³/mol. The molecule has 1 heterocycles. The molecule has 0 atom stereocenters. The molecule has 1 rings (SSSR count). The Balaban J connectivity index is 2.88. The first-order valence-corrected chi connectivity index (χ1v) is 7.77. The molecule has 92 valence electrons. The van der Waals surface area contributed by atoms with Crippen molar-refractivity contribution in [2.24, 2.45) is 0 Å². The third-order valence-corrected chi connectivity index (χ3v) is 5.49. The molecule has 0 aliphatic heterocycles. The van der Waals surface area contributed by atoms with E-state index < -0.39 is 15.6 Å². The molecule has 0 saturated carbocycles. The van der Waals surface area contributed by atoms with Crippen molar-refractivity contribution >= 4 is 33.0 Å². The Bertz CT molecular complexity index is 451. The fourth-order valence-electron chi connectivity index (χ4n) is 1.26. The van der Waals surface area contributed by atoms with Gasteiger partial charge in [0.2, 0.25) is 0 Å². The Morgan fingerprint density at radius 2 is 2.06 bits per heavy atom. The van der Waals surface area contributed by atoms with Gasteiger partial charge in [-0.2, -0.15) is 0 Å². The molecule has 0 saturated heterocycles. The zero-order chi connectivity index (χ0) is 12.4. The molecule has 0 bridgehead atoms. The minimum Gasteiger partial charge on any atom is -0.206 e. The Hall–Kier alpha value is -0.100. The maximum atomic E-state index is 12.0. The first kappa shape index (κ1) is 14.0. The Labute approximate surface area is 106 Å². The summed E-state index contributed by atoms with van der Waals surface area (Å²) in [6, 6.07) is 3.42. The molecule has 1 aromatic rings. The lowest BCUT2D eigenvalue weighted by molar-refractivity contribution is 0.442. The van der Waals surface area contributed by atoms with Crippen LogP contribution in [-0.2, 0) is 10.0 Å². The van der Waals surface area contributed by atoms with Crippen molar-refractivity contribution < 1.29 is 8.42 Å². The minimum atomic E-state index is -3.41. The topological polar surface area (TPSA) is 46.2 Å². The van der Waals surface area contributed by atoms with E-state index in [1.807, 2.05) is 20.8 Å². The highest BCUT2D eigenvalue weighted by Gasteiger charge is 2.26. The molecule has 1 aromatic heterocycles. The summed E-state index contributed by atoms with van der Waals surface area (Å²) in [6.07, 6.45) is 0.595. The molecule has 16 heavy (non-hydrogen) atoms. The zero-order valence-corrected chi connectivity index (χ0v) is 12.0. The van der Waals surface area contributed by atoms with Crippen LogP contribution in [0.3, 0.4) is 0 Å². The van der Waals surface area contributed by atoms with E-state index in [1.54, 1.807) is 12.1 Å². The first-order valence-electron chi connectivity index (χ1n) is 4.93. The number of hydrogen-bond acceptors (Lipinski definition) is 3. The Morgan fingerprint density at radius 3 is 2.50 bits per heavy atom. The van der Waals surface area contributed by atoms with Gasteiger partial charge in [-0.15, -0.1) is 22.9 Å². The summed E-state index contributed by atoms with van der Waals surface area (Å²) in [5.74, 6) is 0.430. The largest absolute Gasteiger partial charge is 0.250 e. The summed E-state index contributed by atoms with van der Waals surface area (Å²) >= 11 is 6.90. The second kappa shape index (κ2) is 5.04. The third kappa shape index (κ3) is 3.73. The Morgan fingerprint density at radius 1 is 1.44 bits per heavy atom. The van der Waals surface area contributed by atoms with Gasteiger partial charge in [0.1, 0.15) is 4.21 Å². The molecule has 0 aromatic carbocycles. The Kier molecular flexibility index (Phi) is 4.40. The van der Waals surface area contributed by atoms with Gasteiger partial charge in [0.05, 0.1) is 0 Å². The number of halogens is 1. The normalized spacial score (nSPS) is 13.0. The van der Waals surface area contributed by atoms with E-state index in [0.717, 1.165) is 4.88 Å². The number of hydrogen-bond donors (Lipinski definition) is 1. The van der Waals surface area contributed by atoms with Crippen LogP contribution in [-0.4, -0.2) is 19.8 Å². The number of sulfonamides is 1.